The molecule has 186 valence electrons. The Morgan fingerprint density at radius 1 is 1.18 bits per heavy atom. The average Bonchev–Trinajstić information content (AvgIpc) is 3.27. The fraction of sp³-hybridized carbons (Fsp3) is 0.600. The maximum Gasteiger partial charge on any atom is 0.416 e. The van der Waals surface area contributed by atoms with Crippen molar-refractivity contribution in [3.05, 3.63) is 40.7 Å². The van der Waals surface area contributed by atoms with Gasteiger partial charge < -0.3 is 15.2 Å². The third kappa shape index (κ3) is 5.02. The van der Waals surface area contributed by atoms with Gasteiger partial charge in [-0.2, -0.15) is 31.1 Å². The van der Waals surface area contributed by atoms with Crippen LogP contribution in [0.2, 0.25) is 0 Å². The number of alkyl halides is 6. The van der Waals surface area contributed by atoms with Crippen LogP contribution in [0.3, 0.4) is 0 Å². The van der Waals surface area contributed by atoms with Crippen LogP contribution in [0.4, 0.5) is 26.3 Å². The molecule has 1 aromatic carbocycles. The van der Waals surface area contributed by atoms with Crippen molar-refractivity contribution in [1.29, 1.82) is 0 Å². The Morgan fingerprint density at radius 2 is 1.82 bits per heavy atom. The molecule has 2 bridgehead atoms. The molecule has 2 fully saturated rings. The number of carbonyl (C=O) groups is 1. The van der Waals surface area contributed by atoms with Crippen LogP contribution in [0, 0.1) is 0 Å². The van der Waals surface area contributed by atoms with E-state index >= 15 is 0 Å². The highest BCUT2D eigenvalue weighted by atomic mass is 19.4. The van der Waals surface area contributed by atoms with E-state index in [2.05, 4.69) is 20.7 Å². The first kappa shape index (κ1) is 24.4. The molecule has 3 heterocycles. The summed E-state index contributed by atoms with van der Waals surface area (Å²) in [6, 6.07) is 1.37. The number of carboxylic acids is 1. The number of benzene rings is 1. The van der Waals surface area contributed by atoms with Gasteiger partial charge in [-0.15, -0.1) is 10.2 Å². The summed E-state index contributed by atoms with van der Waals surface area (Å²) in [4.78, 5) is 11.8. The van der Waals surface area contributed by atoms with Crippen LogP contribution in [0.25, 0.3) is 0 Å². The van der Waals surface area contributed by atoms with Gasteiger partial charge in [-0.05, 0) is 55.2 Å². The molecule has 0 spiro atoms. The van der Waals surface area contributed by atoms with Gasteiger partial charge in [0.15, 0.2) is 12.4 Å². The van der Waals surface area contributed by atoms with Crippen LogP contribution in [0.15, 0.2) is 18.2 Å². The van der Waals surface area contributed by atoms with Gasteiger partial charge in [0.25, 0.3) is 0 Å². The molecule has 2 aliphatic rings. The molecule has 0 aliphatic carbocycles. The number of rotatable bonds is 6. The maximum absolute atomic E-state index is 13.1. The normalized spacial score (nSPS) is 27.2. The van der Waals surface area contributed by atoms with Gasteiger partial charge in [-0.25, -0.2) is 0 Å². The molecular formula is C20H21F6N5O3. The van der Waals surface area contributed by atoms with Crippen molar-refractivity contribution in [2.45, 2.75) is 75.3 Å². The lowest BCUT2D eigenvalue weighted by Gasteiger charge is -2.39. The topological polar surface area (TPSA) is 102 Å². The zero-order chi connectivity index (χ0) is 24.9. The van der Waals surface area contributed by atoms with Crippen LogP contribution in [0.5, 0.6) is 0 Å². The Bertz CT molecular complexity index is 1040. The quantitative estimate of drug-likeness (QED) is 0.595. The molecule has 2 aliphatic heterocycles. The minimum Gasteiger partial charge on any atom is -0.480 e. The lowest BCUT2D eigenvalue weighted by Crippen LogP contribution is -2.54. The fourth-order valence-corrected chi connectivity index (χ4v) is 4.76. The third-order valence-corrected chi connectivity index (χ3v) is 6.27. The van der Waals surface area contributed by atoms with Gasteiger partial charge in [0.1, 0.15) is 0 Å². The summed E-state index contributed by atoms with van der Waals surface area (Å²) >= 11 is 0. The third-order valence-electron chi connectivity index (χ3n) is 6.27. The molecule has 8 nitrogen and oxygen atoms in total. The molecule has 2 saturated heterocycles. The zero-order valence-electron chi connectivity index (χ0n) is 17.8. The minimum atomic E-state index is -4.93. The molecule has 0 amide bonds. The fourth-order valence-electron chi connectivity index (χ4n) is 4.76. The predicted octanol–water partition coefficient (Wildman–Crippen LogP) is 3.38. The van der Waals surface area contributed by atoms with Crippen LogP contribution in [-0.4, -0.2) is 49.0 Å². The van der Waals surface area contributed by atoms with Crippen molar-refractivity contribution in [3.63, 3.8) is 0 Å². The molecule has 4 rings (SSSR count). The molecule has 2 aromatic rings. The van der Waals surface area contributed by atoms with E-state index in [-0.39, 0.29) is 23.6 Å². The summed E-state index contributed by atoms with van der Waals surface area (Å²) in [6.45, 7) is 1.01. The largest absolute Gasteiger partial charge is 0.480 e. The number of ether oxygens (including phenoxy) is 1. The van der Waals surface area contributed by atoms with Crippen molar-refractivity contribution >= 4 is 5.97 Å². The number of aliphatic carboxylic acids is 1. The summed E-state index contributed by atoms with van der Waals surface area (Å²) in [7, 11) is 0. The SMILES string of the molecule is CC12CC(c3nnn(CC(=O)O)n3)C(CCC1OCc1cc(C(F)(F)F)cc(C(F)(F)F)c1)N2. The summed E-state index contributed by atoms with van der Waals surface area (Å²) in [5.41, 5.74) is -3.61. The first-order chi connectivity index (χ1) is 15.7. The number of fused-ring (bicyclic) bond motifs is 2. The highest BCUT2D eigenvalue weighted by Gasteiger charge is 2.52. The predicted molar refractivity (Wildman–Crippen MR) is 102 cm³/mol. The lowest BCUT2D eigenvalue weighted by molar-refractivity contribution is -0.143. The number of hydrogen-bond acceptors (Lipinski definition) is 6. The minimum absolute atomic E-state index is 0.0438. The smallest absolute Gasteiger partial charge is 0.416 e. The van der Waals surface area contributed by atoms with Gasteiger partial charge in [0.05, 0.1) is 23.8 Å². The van der Waals surface area contributed by atoms with Crippen LogP contribution >= 0.6 is 0 Å². The van der Waals surface area contributed by atoms with Crippen molar-refractivity contribution in [2.24, 2.45) is 0 Å². The Balaban J connectivity index is 1.48. The van der Waals surface area contributed by atoms with E-state index in [9.17, 15) is 31.1 Å². The number of nitrogens with zero attached hydrogens (tertiary/aromatic N) is 4. The number of tetrazole rings is 1. The van der Waals surface area contributed by atoms with Gasteiger partial charge in [-0.3, -0.25) is 4.79 Å². The number of piperidine rings is 1. The van der Waals surface area contributed by atoms with Crippen LogP contribution < -0.4 is 5.32 Å². The van der Waals surface area contributed by atoms with Crippen molar-refractivity contribution in [2.75, 3.05) is 0 Å². The van der Waals surface area contributed by atoms with Crippen LogP contribution in [-0.2, 0) is 35.0 Å². The second kappa shape index (κ2) is 8.48. The molecule has 4 atom stereocenters. The van der Waals surface area contributed by atoms with E-state index in [4.69, 9.17) is 9.84 Å². The molecular weight excluding hydrogens is 472 g/mol. The standard InChI is InChI=1S/C20H21F6N5O3/c1-18-7-13(17-28-30-31(29-17)8-16(32)33)14(27-18)2-3-15(18)34-9-10-4-11(19(21,22)23)6-12(5-10)20(24,25)26/h4-6,13-15,27H,2-3,7-9H2,1H3,(H,32,33). The van der Waals surface area contributed by atoms with Crippen LogP contribution in [0.1, 0.15) is 54.6 Å². The number of halogens is 6. The van der Waals surface area contributed by atoms with Crippen molar-refractivity contribution in [3.8, 4) is 0 Å². The monoisotopic (exact) mass is 493 g/mol. The molecule has 14 heteroatoms. The summed E-state index contributed by atoms with van der Waals surface area (Å²) in [5.74, 6) is -0.932. The molecule has 0 saturated carbocycles. The Labute approximate surface area is 189 Å². The number of hydrogen-bond donors (Lipinski definition) is 2. The zero-order valence-corrected chi connectivity index (χ0v) is 17.8. The summed E-state index contributed by atoms with van der Waals surface area (Å²) < 4.78 is 84.6. The van der Waals surface area contributed by atoms with Gasteiger partial charge in [0.2, 0.25) is 0 Å². The van der Waals surface area contributed by atoms with E-state index in [0.29, 0.717) is 37.2 Å². The van der Waals surface area contributed by atoms with E-state index < -0.39 is 54.2 Å². The average molecular weight is 493 g/mol. The first-order valence-corrected chi connectivity index (χ1v) is 10.4. The van der Waals surface area contributed by atoms with E-state index in [1.807, 2.05) is 6.92 Å². The molecule has 0 radical (unpaired) electrons. The van der Waals surface area contributed by atoms with Crippen molar-refractivity contribution in [1.82, 2.24) is 25.5 Å². The van der Waals surface area contributed by atoms with E-state index in [1.54, 1.807) is 0 Å². The number of carboxylic acid groups (broad SMARTS) is 1. The number of aromatic nitrogens is 4. The summed E-state index contributed by atoms with van der Waals surface area (Å²) in [6.07, 6.45) is -8.71. The second-order valence-electron chi connectivity index (χ2n) is 8.84. The second-order valence-corrected chi connectivity index (χ2v) is 8.84. The Kier molecular flexibility index (Phi) is 6.09. The van der Waals surface area contributed by atoms with E-state index in [1.165, 1.54) is 0 Å². The number of nitrogens with one attached hydrogen (secondary N) is 1. The van der Waals surface area contributed by atoms with Gasteiger partial charge in [-0.1, -0.05) is 0 Å². The Morgan fingerprint density at radius 3 is 2.41 bits per heavy atom. The van der Waals surface area contributed by atoms with Crippen molar-refractivity contribution < 1.29 is 41.0 Å². The highest BCUT2D eigenvalue weighted by molar-refractivity contribution is 5.66. The van der Waals surface area contributed by atoms with Gasteiger partial charge in [0, 0.05) is 17.5 Å². The molecule has 1 aromatic heterocycles. The first-order valence-electron chi connectivity index (χ1n) is 10.4. The van der Waals surface area contributed by atoms with Gasteiger partial charge >= 0.3 is 18.3 Å². The maximum atomic E-state index is 13.1. The molecule has 4 unspecified atom stereocenters. The lowest BCUT2D eigenvalue weighted by atomic mass is 9.88. The summed E-state index contributed by atoms with van der Waals surface area (Å²) in [5, 5.41) is 24.1. The van der Waals surface area contributed by atoms with E-state index in [0.717, 1.165) is 4.80 Å². The molecule has 2 N–H and O–H groups in total. The highest BCUT2D eigenvalue weighted by Crippen LogP contribution is 2.45. The Hall–Kier alpha value is -2.74. The molecule has 34 heavy (non-hydrogen) atoms.